The van der Waals surface area contributed by atoms with E-state index >= 15 is 0 Å². The molecule has 0 aromatic rings. The number of nitrogens with one attached hydrogen (secondary N) is 1. The van der Waals surface area contributed by atoms with Gasteiger partial charge in [-0.15, -0.1) is 0 Å². The monoisotopic (exact) mass is 686 g/mol. The Kier molecular flexibility index (Phi) is 37.6. The molecule has 280 valence electrons. The SMILES string of the molecule is CN(C)CCOCCOCCOCCOCCOCCOCCOCCOCCOCCOCCOCCCNC(=O)CCC(=O)O. The first kappa shape index (κ1) is 45.5. The normalized spacial score (nSPS) is 11.5. The van der Waals surface area contributed by atoms with Gasteiger partial charge in [-0.3, -0.25) is 9.59 Å². The number of nitrogens with zero attached hydrogens (tertiary/aromatic N) is 1. The van der Waals surface area contributed by atoms with E-state index in [2.05, 4.69) is 10.2 Å². The van der Waals surface area contributed by atoms with Gasteiger partial charge in [-0.1, -0.05) is 0 Å². The van der Waals surface area contributed by atoms with Gasteiger partial charge in [-0.05, 0) is 20.5 Å². The van der Waals surface area contributed by atoms with Crippen LogP contribution in [0, 0.1) is 0 Å². The summed E-state index contributed by atoms with van der Waals surface area (Å²) in [6.07, 6.45) is 0.480. The van der Waals surface area contributed by atoms with Crippen LogP contribution in [0.25, 0.3) is 0 Å². The highest BCUT2D eigenvalue weighted by molar-refractivity contribution is 5.80. The Morgan fingerprint density at radius 3 is 1.00 bits per heavy atom. The third-order valence-electron chi connectivity index (χ3n) is 5.76. The first-order valence-corrected chi connectivity index (χ1v) is 16.5. The van der Waals surface area contributed by atoms with E-state index < -0.39 is 5.97 Å². The zero-order valence-electron chi connectivity index (χ0n) is 28.8. The van der Waals surface area contributed by atoms with Crippen molar-refractivity contribution in [1.82, 2.24) is 10.2 Å². The number of carbonyl (C=O) groups excluding carboxylic acids is 1. The van der Waals surface area contributed by atoms with Gasteiger partial charge in [-0.2, -0.15) is 0 Å². The topological polar surface area (TPSA) is 171 Å². The van der Waals surface area contributed by atoms with Crippen LogP contribution in [-0.4, -0.2) is 194 Å². The summed E-state index contributed by atoms with van der Waals surface area (Å²) in [6.45, 7) is 12.6. The molecule has 1 amide bonds. The van der Waals surface area contributed by atoms with E-state index in [1.54, 1.807) is 0 Å². The molecule has 16 heteroatoms. The van der Waals surface area contributed by atoms with Crippen molar-refractivity contribution in [1.29, 1.82) is 0 Å². The van der Waals surface area contributed by atoms with E-state index in [-0.39, 0.29) is 18.7 Å². The van der Waals surface area contributed by atoms with Gasteiger partial charge in [0.25, 0.3) is 0 Å². The highest BCUT2D eigenvalue weighted by atomic mass is 16.6. The van der Waals surface area contributed by atoms with Crippen molar-refractivity contribution in [3.8, 4) is 0 Å². The largest absolute Gasteiger partial charge is 0.481 e. The first-order chi connectivity index (χ1) is 23.0. The molecule has 0 heterocycles. The fourth-order valence-electron chi connectivity index (χ4n) is 3.26. The van der Waals surface area contributed by atoms with Crippen LogP contribution < -0.4 is 5.32 Å². The Bertz CT molecular complexity index is 664. The van der Waals surface area contributed by atoms with E-state index in [1.165, 1.54) is 0 Å². The molecular formula is C31H62N2O14. The highest BCUT2D eigenvalue weighted by Crippen LogP contribution is 1.90. The Morgan fingerprint density at radius 2 is 0.723 bits per heavy atom. The average Bonchev–Trinajstić information content (AvgIpc) is 3.05. The predicted octanol–water partition coefficient (Wildman–Crippen LogP) is 0.102. The predicted molar refractivity (Wildman–Crippen MR) is 172 cm³/mol. The lowest BCUT2D eigenvalue weighted by atomic mass is 10.3. The van der Waals surface area contributed by atoms with Crippen molar-refractivity contribution in [2.45, 2.75) is 19.3 Å². The number of amides is 1. The van der Waals surface area contributed by atoms with Gasteiger partial charge < -0.3 is 67.4 Å². The summed E-state index contributed by atoms with van der Waals surface area (Å²) in [5.41, 5.74) is 0. The smallest absolute Gasteiger partial charge is 0.303 e. The molecule has 0 aromatic heterocycles. The number of carbonyl (C=O) groups is 2. The Hall–Kier alpha value is -1.54. The number of ether oxygens (including phenoxy) is 11. The minimum atomic E-state index is -0.982. The number of likely N-dealkylation sites (N-methyl/N-ethyl adjacent to an activating group) is 1. The molecule has 0 aromatic carbocycles. The molecule has 16 nitrogen and oxygen atoms in total. The van der Waals surface area contributed by atoms with E-state index in [9.17, 15) is 9.59 Å². The van der Waals surface area contributed by atoms with Crippen LogP contribution in [0.15, 0.2) is 0 Å². The number of carboxylic acids is 1. The average molecular weight is 687 g/mol. The number of carboxylic acid groups (broad SMARTS) is 1. The molecule has 0 aliphatic carbocycles. The van der Waals surface area contributed by atoms with Crippen LogP contribution in [0.3, 0.4) is 0 Å². The molecule has 2 N–H and O–H groups in total. The molecule has 0 fully saturated rings. The molecule has 0 saturated heterocycles. The van der Waals surface area contributed by atoms with Crippen molar-refractivity contribution < 1.29 is 66.8 Å². The summed E-state index contributed by atoms with van der Waals surface area (Å²) < 4.78 is 60.0. The number of aliphatic carboxylic acids is 1. The molecule has 0 radical (unpaired) electrons. The first-order valence-electron chi connectivity index (χ1n) is 16.5. The van der Waals surface area contributed by atoms with Gasteiger partial charge in [-0.25, -0.2) is 0 Å². The van der Waals surface area contributed by atoms with Crippen molar-refractivity contribution in [3.63, 3.8) is 0 Å². The molecule has 47 heavy (non-hydrogen) atoms. The van der Waals surface area contributed by atoms with Crippen molar-refractivity contribution >= 4 is 11.9 Å². The number of hydrogen-bond donors (Lipinski definition) is 2. The molecule has 0 saturated carbocycles. The summed E-state index contributed by atoms with van der Waals surface area (Å²) in [5.74, 6) is -1.25. The fourth-order valence-corrected chi connectivity index (χ4v) is 3.26. The second-order valence-corrected chi connectivity index (χ2v) is 10.1. The number of rotatable bonds is 40. The van der Waals surface area contributed by atoms with Gasteiger partial charge in [0.1, 0.15) is 0 Å². The van der Waals surface area contributed by atoms with Crippen molar-refractivity contribution in [2.24, 2.45) is 0 Å². The zero-order valence-corrected chi connectivity index (χ0v) is 28.8. The minimum absolute atomic E-state index is 0.00947. The molecule has 0 bridgehead atoms. The Balaban J connectivity index is 3.08. The van der Waals surface area contributed by atoms with E-state index in [0.29, 0.717) is 158 Å². The van der Waals surface area contributed by atoms with Gasteiger partial charge >= 0.3 is 5.97 Å². The third kappa shape index (κ3) is 42.4. The maximum Gasteiger partial charge on any atom is 0.303 e. The summed E-state index contributed by atoms with van der Waals surface area (Å²) in [6, 6.07) is 0. The summed E-state index contributed by atoms with van der Waals surface area (Å²) in [4.78, 5) is 23.8. The molecule has 0 aliphatic rings. The number of hydrogen-bond acceptors (Lipinski definition) is 14. The van der Waals surface area contributed by atoms with Crippen LogP contribution in [-0.2, 0) is 61.7 Å². The molecule has 0 aliphatic heterocycles. The summed E-state index contributed by atoms with van der Waals surface area (Å²) in [5, 5.41) is 11.2. The van der Waals surface area contributed by atoms with Gasteiger partial charge in [0.2, 0.25) is 5.91 Å². The highest BCUT2D eigenvalue weighted by Gasteiger charge is 2.04. The zero-order chi connectivity index (χ0) is 34.3. The van der Waals surface area contributed by atoms with E-state index in [1.807, 2.05) is 14.1 Å². The lowest BCUT2D eigenvalue weighted by Gasteiger charge is -2.10. The Labute approximate surface area is 280 Å². The van der Waals surface area contributed by atoms with Gasteiger partial charge in [0.05, 0.1) is 145 Å². The molecule has 0 spiro atoms. The van der Waals surface area contributed by atoms with Crippen LogP contribution in [0.2, 0.25) is 0 Å². The lowest BCUT2D eigenvalue weighted by molar-refractivity contribution is -0.138. The van der Waals surface area contributed by atoms with Crippen LogP contribution >= 0.6 is 0 Å². The quantitative estimate of drug-likeness (QED) is 0.0832. The summed E-state index contributed by atoms with van der Waals surface area (Å²) in [7, 11) is 4.03. The molecule has 0 atom stereocenters. The lowest BCUT2D eigenvalue weighted by Crippen LogP contribution is -2.25. The van der Waals surface area contributed by atoms with E-state index in [0.717, 1.165) is 6.54 Å². The van der Waals surface area contributed by atoms with E-state index in [4.69, 9.17) is 57.2 Å². The van der Waals surface area contributed by atoms with Crippen molar-refractivity contribution in [3.05, 3.63) is 0 Å². The molecule has 0 unspecified atom stereocenters. The minimum Gasteiger partial charge on any atom is -0.481 e. The fraction of sp³-hybridized carbons (Fsp3) is 0.935. The van der Waals surface area contributed by atoms with Gasteiger partial charge in [0, 0.05) is 26.1 Å². The second kappa shape index (κ2) is 38.9. The summed E-state index contributed by atoms with van der Waals surface area (Å²) >= 11 is 0. The van der Waals surface area contributed by atoms with Crippen LogP contribution in [0.5, 0.6) is 0 Å². The second-order valence-electron chi connectivity index (χ2n) is 10.1. The maximum atomic E-state index is 11.4. The third-order valence-corrected chi connectivity index (χ3v) is 5.76. The maximum absolute atomic E-state index is 11.4. The van der Waals surface area contributed by atoms with Gasteiger partial charge in [0.15, 0.2) is 0 Å². The van der Waals surface area contributed by atoms with Crippen LogP contribution in [0.4, 0.5) is 0 Å². The van der Waals surface area contributed by atoms with Crippen LogP contribution in [0.1, 0.15) is 19.3 Å². The standard InChI is InChI=1S/C31H62N2O14/c1-33(2)7-9-38-11-13-40-15-17-42-19-21-44-23-25-46-27-29-47-28-26-45-24-22-43-20-18-41-16-14-39-12-10-37-8-3-6-32-30(34)4-5-31(35)36/h3-29H2,1-2H3,(H,32,34)(H,35,36). The Morgan fingerprint density at radius 1 is 0.447 bits per heavy atom. The molecule has 0 rings (SSSR count). The van der Waals surface area contributed by atoms with Crippen molar-refractivity contribution in [2.75, 3.05) is 173 Å². The molecular weight excluding hydrogens is 624 g/mol.